The van der Waals surface area contributed by atoms with E-state index in [9.17, 15) is 4.79 Å². The van der Waals surface area contributed by atoms with Crippen molar-refractivity contribution >= 4 is 23.4 Å². The summed E-state index contributed by atoms with van der Waals surface area (Å²) in [6.07, 6.45) is 0. The van der Waals surface area contributed by atoms with Crippen molar-refractivity contribution in [2.75, 3.05) is 12.8 Å². The van der Waals surface area contributed by atoms with E-state index in [1.165, 1.54) is 18.9 Å². The number of nitrogens with two attached hydrogens (primary N) is 1. The third kappa shape index (κ3) is 3.13. The number of carbonyl (C=O) groups excluding carboxylic acids is 1. The molecule has 0 spiro atoms. The Labute approximate surface area is 93.2 Å². The Bertz CT molecular complexity index is 366. The Balaban J connectivity index is 2.99. The summed E-state index contributed by atoms with van der Waals surface area (Å²) in [5.41, 5.74) is 6.62. The summed E-state index contributed by atoms with van der Waals surface area (Å²) in [6, 6.07) is 3.23. The molecule has 1 rings (SSSR count). The smallest absolute Gasteiger partial charge is 0.356 e. The molecular weight excluding hydrogens is 212 g/mol. The van der Waals surface area contributed by atoms with Crippen molar-refractivity contribution in [2.24, 2.45) is 0 Å². The molecule has 4 nitrogen and oxygen atoms in total. The summed E-state index contributed by atoms with van der Waals surface area (Å²) >= 11 is 1.52. The predicted octanol–water partition coefficient (Wildman–Crippen LogP) is 1.95. The van der Waals surface area contributed by atoms with Crippen LogP contribution in [0.4, 0.5) is 5.69 Å². The maximum atomic E-state index is 11.2. The van der Waals surface area contributed by atoms with Gasteiger partial charge in [0.15, 0.2) is 0 Å². The van der Waals surface area contributed by atoms with Gasteiger partial charge in [0, 0.05) is 5.25 Å². The molecular formula is C10H14N2O2S. The van der Waals surface area contributed by atoms with E-state index in [-0.39, 0.29) is 5.69 Å². The van der Waals surface area contributed by atoms with Gasteiger partial charge in [0.1, 0.15) is 10.7 Å². The lowest BCUT2D eigenvalue weighted by Gasteiger charge is -2.08. The maximum Gasteiger partial charge on any atom is 0.356 e. The highest BCUT2D eigenvalue weighted by atomic mass is 32.2. The zero-order valence-corrected chi connectivity index (χ0v) is 9.80. The Hall–Kier alpha value is -1.23. The van der Waals surface area contributed by atoms with E-state index < -0.39 is 5.97 Å². The van der Waals surface area contributed by atoms with Crippen LogP contribution in [0.2, 0.25) is 0 Å². The molecule has 0 aliphatic heterocycles. The topological polar surface area (TPSA) is 65.2 Å². The van der Waals surface area contributed by atoms with E-state index in [1.54, 1.807) is 12.1 Å². The molecule has 0 unspecified atom stereocenters. The summed E-state index contributed by atoms with van der Waals surface area (Å²) < 4.78 is 4.58. The van der Waals surface area contributed by atoms with Crippen molar-refractivity contribution in [1.29, 1.82) is 0 Å². The van der Waals surface area contributed by atoms with Gasteiger partial charge in [-0.2, -0.15) is 0 Å². The van der Waals surface area contributed by atoms with E-state index in [1.807, 2.05) is 13.8 Å². The first kappa shape index (κ1) is 11.8. The first-order valence-corrected chi connectivity index (χ1v) is 5.44. The molecule has 2 N–H and O–H groups in total. The molecule has 1 aromatic rings. The van der Waals surface area contributed by atoms with Crippen LogP contribution in [0.1, 0.15) is 24.3 Å². The van der Waals surface area contributed by atoms with Crippen LogP contribution in [-0.2, 0) is 4.74 Å². The molecule has 0 fully saturated rings. The van der Waals surface area contributed by atoms with Gasteiger partial charge < -0.3 is 10.5 Å². The average Bonchev–Trinajstić information content (AvgIpc) is 2.19. The predicted molar refractivity (Wildman–Crippen MR) is 61.0 cm³/mol. The number of rotatable bonds is 3. The Morgan fingerprint density at radius 3 is 2.73 bits per heavy atom. The fraction of sp³-hybridized carbons (Fsp3) is 0.400. The van der Waals surface area contributed by atoms with Crippen LogP contribution in [0.5, 0.6) is 0 Å². The van der Waals surface area contributed by atoms with Crippen molar-refractivity contribution in [3.63, 3.8) is 0 Å². The number of nitrogen functional groups attached to an aromatic ring is 1. The number of anilines is 1. The summed E-state index contributed by atoms with van der Waals surface area (Å²) in [6.45, 7) is 4.08. The van der Waals surface area contributed by atoms with Gasteiger partial charge in [0.2, 0.25) is 0 Å². The number of hydrogen-bond acceptors (Lipinski definition) is 5. The molecule has 0 saturated heterocycles. The lowest BCUT2D eigenvalue weighted by molar-refractivity contribution is 0.0593. The number of methoxy groups -OCH3 is 1. The molecule has 0 amide bonds. The number of hydrogen-bond donors (Lipinski definition) is 1. The molecule has 1 aromatic heterocycles. The van der Waals surface area contributed by atoms with E-state index in [0.717, 1.165) is 0 Å². The minimum atomic E-state index is -0.444. The Morgan fingerprint density at radius 2 is 2.20 bits per heavy atom. The number of nitrogens with zero attached hydrogens (tertiary/aromatic N) is 1. The van der Waals surface area contributed by atoms with Gasteiger partial charge in [-0.15, -0.1) is 11.8 Å². The summed E-state index contributed by atoms with van der Waals surface area (Å²) in [5.74, 6) is -0.444. The van der Waals surface area contributed by atoms with E-state index in [2.05, 4.69) is 9.72 Å². The van der Waals surface area contributed by atoms with Crippen molar-refractivity contribution in [3.8, 4) is 0 Å². The zero-order valence-electron chi connectivity index (χ0n) is 8.98. The van der Waals surface area contributed by atoms with Crippen molar-refractivity contribution < 1.29 is 9.53 Å². The first-order chi connectivity index (χ1) is 7.04. The van der Waals surface area contributed by atoms with Gasteiger partial charge in [-0.05, 0) is 12.1 Å². The van der Waals surface area contributed by atoms with E-state index >= 15 is 0 Å². The number of pyridine rings is 1. The average molecular weight is 226 g/mol. The number of ether oxygens (including phenoxy) is 1. The number of esters is 1. The van der Waals surface area contributed by atoms with Gasteiger partial charge in [0.25, 0.3) is 0 Å². The number of carbonyl (C=O) groups is 1. The normalized spacial score (nSPS) is 10.4. The van der Waals surface area contributed by atoms with Crippen LogP contribution in [0.15, 0.2) is 17.2 Å². The molecule has 82 valence electrons. The number of aromatic nitrogens is 1. The van der Waals surface area contributed by atoms with E-state index in [4.69, 9.17) is 5.73 Å². The van der Waals surface area contributed by atoms with Crippen molar-refractivity contribution in [2.45, 2.75) is 24.1 Å². The highest BCUT2D eigenvalue weighted by Gasteiger charge is 2.11. The second kappa shape index (κ2) is 5.02. The van der Waals surface area contributed by atoms with Crippen LogP contribution in [0.3, 0.4) is 0 Å². The van der Waals surface area contributed by atoms with Gasteiger partial charge in [-0.3, -0.25) is 0 Å². The lowest BCUT2D eigenvalue weighted by Crippen LogP contribution is -2.06. The van der Waals surface area contributed by atoms with Crippen LogP contribution < -0.4 is 5.73 Å². The molecule has 0 saturated carbocycles. The summed E-state index contributed by atoms with van der Waals surface area (Å²) in [7, 11) is 1.33. The van der Waals surface area contributed by atoms with Crippen LogP contribution in [0.25, 0.3) is 0 Å². The van der Waals surface area contributed by atoms with Crippen molar-refractivity contribution in [3.05, 3.63) is 17.8 Å². The third-order valence-electron chi connectivity index (χ3n) is 1.63. The third-order valence-corrected chi connectivity index (χ3v) is 2.65. The molecule has 5 heteroatoms. The second-order valence-corrected chi connectivity index (χ2v) is 4.81. The van der Waals surface area contributed by atoms with Crippen molar-refractivity contribution in [1.82, 2.24) is 4.98 Å². The molecule has 0 atom stereocenters. The standard InChI is InChI=1S/C10H14N2O2S/c1-6(2)15-9-7(11)4-5-8(12-9)10(13)14-3/h4-6H,11H2,1-3H3. The molecule has 0 aliphatic rings. The van der Waals surface area contributed by atoms with Crippen LogP contribution >= 0.6 is 11.8 Å². The van der Waals surface area contributed by atoms with Gasteiger partial charge in [-0.1, -0.05) is 13.8 Å². The fourth-order valence-corrected chi connectivity index (χ4v) is 1.79. The molecule has 0 radical (unpaired) electrons. The quantitative estimate of drug-likeness (QED) is 0.630. The Morgan fingerprint density at radius 1 is 1.53 bits per heavy atom. The second-order valence-electron chi connectivity index (χ2n) is 3.25. The minimum absolute atomic E-state index is 0.287. The molecule has 0 aliphatic carbocycles. The molecule has 1 heterocycles. The molecule has 0 aromatic carbocycles. The minimum Gasteiger partial charge on any atom is -0.464 e. The fourth-order valence-electron chi connectivity index (χ4n) is 0.987. The number of thioether (sulfide) groups is 1. The molecule has 0 bridgehead atoms. The SMILES string of the molecule is COC(=O)c1ccc(N)c(SC(C)C)n1. The van der Waals surface area contributed by atoms with Crippen LogP contribution in [0, 0.1) is 0 Å². The monoisotopic (exact) mass is 226 g/mol. The van der Waals surface area contributed by atoms with Gasteiger partial charge >= 0.3 is 5.97 Å². The van der Waals surface area contributed by atoms with Gasteiger partial charge in [-0.25, -0.2) is 9.78 Å². The van der Waals surface area contributed by atoms with Gasteiger partial charge in [0.05, 0.1) is 12.8 Å². The molecule has 15 heavy (non-hydrogen) atoms. The first-order valence-electron chi connectivity index (χ1n) is 4.56. The summed E-state index contributed by atoms with van der Waals surface area (Å²) in [4.78, 5) is 15.4. The zero-order chi connectivity index (χ0) is 11.4. The maximum absolute atomic E-state index is 11.2. The highest BCUT2D eigenvalue weighted by Crippen LogP contribution is 2.26. The summed E-state index contributed by atoms with van der Waals surface area (Å²) in [5, 5.41) is 1.04. The van der Waals surface area contributed by atoms with Crippen LogP contribution in [-0.4, -0.2) is 23.3 Å². The highest BCUT2D eigenvalue weighted by molar-refractivity contribution is 7.99. The van der Waals surface area contributed by atoms with E-state index in [0.29, 0.717) is 16.0 Å². The largest absolute Gasteiger partial charge is 0.464 e. The lowest BCUT2D eigenvalue weighted by atomic mass is 10.3. The Kier molecular flexibility index (Phi) is 3.96.